The van der Waals surface area contributed by atoms with E-state index in [2.05, 4.69) is 19.8 Å². The molecular weight excluding hydrogens is 232 g/mol. The first-order valence-corrected chi connectivity index (χ1v) is 4.73. The van der Waals surface area contributed by atoms with Gasteiger partial charge in [0.15, 0.2) is 0 Å². The average Bonchev–Trinajstić information content (AvgIpc) is 2.60. The number of aromatic amines is 1. The minimum atomic E-state index is -0.859. The molecule has 0 aliphatic heterocycles. The Kier molecular flexibility index (Phi) is 2.57. The molecule has 0 unspecified atom stereocenters. The lowest BCUT2D eigenvalue weighted by molar-refractivity contribution is 0.118. The van der Waals surface area contributed by atoms with Gasteiger partial charge in [0.05, 0.1) is 7.11 Å². The fraction of sp³-hybridized carbons (Fsp3) is 0.250. The normalized spacial score (nSPS) is 10.4. The molecular formula is C8H8N4O3S. The van der Waals surface area contributed by atoms with Crippen LogP contribution < -0.4 is 4.74 Å². The lowest BCUT2D eigenvalue weighted by atomic mass is 10.5. The first-order chi connectivity index (χ1) is 7.60. The number of nitrogens with zero attached hydrogens (tertiary/aromatic N) is 3. The number of carbonyl (C=O) groups excluding carboxylic acids is 1. The van der Waals surface area contributed by atoms with Crippen molar-refractivity contribution in [2.45, 2.75) is 6.92 Å². The smallest absolute Gasteiger partial charge is 0.437 e. The Bertz CT molecular complexity index is 603. The van der Waals surface area contributed by atoms with E-state index < -0.39 is 6.16 Å². The Morgan fingerprint density at radius 3 is 3.00 bits per heavy atom. The highest BCUT2D eigenvalue weighted by atomic mass is 32.1. The second kappa shape index (κ2) is 3.89. The number of fused-ring (bicyclic) bond motifs is 1. The number of hydrogen-bond acceptors (Lipinski definition) is 6. The van der Waals surface area contributed by atoms with Gasteiger partial charge in [0.2, 0.25) is 0 Å². The van der Waals surface area contributed by atoms with Crippen molar-refractivity contribution in [2.24, 2.45) is 0 Å². The minimum Gasteiger partial charge on any atom is -0.437 e. The third-order valence-corrected chi connectivity index (χ3v) is 2.09. The van der Waals surface area contributed by atoms with Crippen molar-refractivity contribution < 1.29 is 14.3 Å². The molecule has 0 spiro atoms. The van der Waals surface area contributed by atoms with E-state index in [1.807, 2.05) is 0 Å². The number of rotatable bonds is 1. The number of aryl methyl sites for hydroxylation is 1. The fourth-order valence-electron chi connectivity index (χ4n) is 1.14. The second-order valence-electron chi connectivity index (χ2n) is 2.96. The molecule has 2 aromatic rings. The van der Waals surface area contributed by atoms with Crippen molar-refractivity contribution in [1.82, 2.24) is 19.6 Å². The summed E-state index contributed by atoms with van der Waals surface area (Å²) < 4.78 is 11.0. The zero-order valence-electron chi connectivity index (χ0n) is 8.55. The average molecular weight is 240 g/mol. The van der Waals surface area contributed by atoms with Crippen molar-refractivity contribution >= 4 is 24.2 Å². The summed E-state index contributed by atoms with van der Waals surface area (Å²) in [6, 6.07) is 1.68. The summed E-state index contributed by atoms with van der Waals surface area (Å²) >= 11 is 5.08. The molecule has 1 N–H and O–H groups in total. The lowest BCUT2D eigenvalue weighted by Crippen LogP contribution is -2.08. The van der Waals surface area contributed by atoms with E-state index in [-0.39, 0.29) is 6.01 Å². The highest BCUT2D eigenvalue weighted by Crippen LogP contribution is 2.08. The SMILES string of the molecule is COC(=O)Oc1nc2nc(C)cc(=S)n2[nH]1. The molecule has 0 atom stereocenters. The lowest BCUT2D eigenvalue weighted by Gasteiger charge is -1.95. The van der Waals surface area contributed by atoms with Gasteiger partial charge in [-0.2, -0.15) is 4.98 Å². The van der Waals surface area contributed by atoms with Crippen molar-refractivity contribution in [3.8, 4) is 6.01 Å². The number of aromatic nitrogens is 4. The topological polar surface area (TPSA) is 81.5 Å². The Morgan fingerprint density at radius 2 is 2.31 bits per heavy atom. The van der Waals surface area contributed by atoms with E-state index >= 15 is 0 Å². The van der Waals surface area contributed by atoms with Crippen LogP contribution in [0.4, 0.5) is 4.79 Å². The number of H-pyrrole nitrogens is 1. The molecule has 0 aliphatic carbocycles. The first-order valence-electron chi connectivity index (χ1n) is 4.32. The molecule has 2 heterocycles. The van der Waals surface area contributed by atoms with Crippen molar-refractivity contribution in [2.75, 3.05) is 7.11 Å². The standard InChI is InChI=1S/C8H8N4O3S/c1-4-3-5(16)12-6(9-4)10-7(11-12)15-8(13)14-2/h3H,1-2H3,(H,9,10,11). The molecule has 7 nitrogen and oxygen atoms in total. The zero-order chi connectivity index (χ0) is 11.7. The van der Waals surface area contributed by atoms with Gasteiger partial charge >= 0.3 is 12.2 Å². The predicted molar refractivity (Wildman–Crippen MR) is 55.9 cm³/mol. The Balaban J connectivity index is 2.48. The zero-order valence-corrected chi connectivity index (χ0v) is 9.37. The van der Waals surface area contributed by atoms with E-state index in [9.17, 15) is 4.79 Å². The fourth-order valence-corrected chi connectivity index (χ4v) is 1.44. The molecule has 16 heavy (non-hydrogen) atoms. The third-order valence-electron chi connectivity index (χ3n) is 1.78. The molecule has 8 heteroatoms. The highest BCUT2D eigenvalue weighted by molar-refractivity contribution is 7.71. The summed E-state index contributed by atoms with van der Waals surface area (Å²) in [5.41, 5.74) is 0.737. The van der Waals surface area contributed by atoms with Gasteiger partial charge in [0, 0.05) is 5.69 Å². The van der Waals surface area contributed by atoms with Crippen molar-refractivity contribution in [3.63, 3.8) is 0 Å². The van der Waals surface area contributed by atoms with E-state index in [0.29, 0.717) is 10.4 Å². The van der Waals surface area contributed by atoms with Crippen LogP contribution in [0.5, 0.6) is 6.01 Å². The van der Waals surface area contributed by atoms with Gasteiger partial charge in [-0.05, 0) is 13.0 Å². The molecule has 0 amide bonds. The Morgan fingerprint density at radius 1 is 1.56 bits per heavy atom. The molecule has 0 fully saturated rings. The summed E-state index contributed by atoms with van der Waals surface area (Å²) in [5, 5.41) is 2.67. The van der Waals surface area contributed by atoms with Crippen LogP contribution in [0.25, 0.3) is 5.78 Å². The monoisotopic (exact) mass is 240 g/mol. The molecule has 0 radical (unpaired) electrons. The largest absolute Gasteiger partial charge is 0.516 e. The van der Waals surface area contributed by atoms with Gasteiger partial charge in [0.25, 0.3) is 5.78 Å². The maximum Gasteiger partial charge on any atom is 0.516 e. The highest BCUT2D eigenvalue weighted by Gasteiger charge is 2.10. The number of hydrogen-bond donors (Lipinski definition) is 1. The second-order valence-corrected chi connectivity index (χ2v) is 3.37. The number of carbonyl (C=O) groups is 1. The molecule has 2 aromatic heterocycles. The van der Waals surface area contributed by atoms with E-state index in [1.165, 1.54) is 11.6 Å². The molecule has 2 rings (SSSR count). The van der Waals surface area contributed by atoms with E-state index in [4.69, 9.17) is 17.0 Å². The van der Waals surface area contributed by atoms with Crippen LogP contribution in [-0.2, 0) is 4.74 Å². The van der Waals surface area contributed by atoms with Gasteiger partial charge in [0.1, 0.15) is 4.64 Å². The predicted octanol–water partition coefficient (Wildman–Crippen LogP) is 1.24. The minimum absolute atomic E-state index is 0.0175. The number of methoxy groups -OCH3 is 1. The van der Waals surface area contributed by atoms with Gasteiger partial charge in [-0.15, -0.1) is 0 Å². The molecule has 0 bridgehead atoms. The maximum atomic E-state index is 10.8. The third kappa shape index (κ3) is 1.87. The molecule has 0 aromatic carbocycles. The van der Waals surface area contributed by atoms with Crippen LogP contribution in [0.2, 0.25) is 0 Å². The van der Waals surface area contributed by atoms with Crippen LogP contribution in [-0.4, -0.2) is 32.8 Å². The van der Waals surface area contributed by atoms with Crippen LogP contribution in [0, 0.1) is 11.6 Å². The van der Waals surface area contributed by atoms with Crippen LogP contribution in [0.3, 0.4) is 0 Å². The van der Waals surface area contributed by atoms with Gasteiger partial charge in [-0.3, -0.25) is 0 Å². The summed E-state index contributed by atoms with van der Waals surface area (Å²) in [6.07, 6.45) is -0.859. The van der Waals surface area contributed by atoms with Gasteiger partial charge in [-0.25, -0.2) is 19.4 Å². The number of ether oxygens (including phenoxy) is 2. The van der Waals surface area contributed by atoms with E-state index in [1.54, 1.807) is 13.0 Å². The molecule has 0 saturated heterocycles. The van der Waals surface area contributed by atoms with Crippen molar-refractivity contribution in [3.05, 3.63) is 16.4 Å². The molecule has 0 aliphatic rings. The molecule has 84 valence electrons. The number of nitrogens with one attached hydrogen (secondary N) is 1. The summed E-state index contributed by atoms with van der Waals surface area (Å²) in [6.45, 7) is 1.80. The summed E-state index contributed by atoms with van der Waals surface area (Å²) in [7, 11) is 1.21. The Hall–Kier alpha value is -1.96. The quantitative estimate of drug-likeness (QED) is 0.596. The van der Waals surface area contributed by atoms with Gasteiger partial charge in [-0.1, -0.05) is 12.2 Å². The van der Waals surface area contributed by atoms with Crippen molar-refractivity contribution in [1.29, 1.82) is 0 Å². The summed E-state index contributed by atoms with van der Waals surface area (Å²) in [5.74, 6) is 0.337. The Labute approximate surface area is 95.0 Å². The van der Waals surface area contributed by atoms with E-state index in [0.717, 1.165) is 5.69 Å². The first kappa shape index (κ1) is 10.6. The maximum absolute atomic E-state index is 10.8. The van der Waals surface area contributed by atoms with Crippen LogP contribution in [0.15, 0.2) is 6.07 Å². The summed E-state index contributed by atoms with van der Waals surface area (Å²) in [4.78, 5) is 18.9. The molecule has 0 saturated carbocycles. The van der Waals surface area contributed by atoms with Gasteiger partial charge < -0.3 is 9.47 Å². The van der Waals surface area contributed by atoms with Crippen LogP contribution in [0.1, 0.15) is 5.69 Å². The van der Waals surface area contributed by atoms with Crippen LogP contribution >= 0.6 is 12.2 Å².